The van der Waals surface area contributed by atoms with Crippen LogP contribution in [0, 0.1) is 0 Å². The van der Waals surface area contributed by atoms with Crippen molar-refractivity contribution in [2.24, 2.45) is 0 Å². The summed E-state index contributed by atoms with van der Waals surface area (Å²) in [7, 11) is 4.86. The van der Waals surface area contributed by atoms with Gasteiger partial charge in [0.1, 0.15) is 0 Å². The summed E-state index contributed by atoms with van der Waals surface area (Å²) in [6.45, 7) is 5.95. The number of imidazole rings is 1. The number of fused-ring (bicyclic) bond motifs is 1. The van der Waals surface area contributed by atoms with E-state index in [4.69, 9.17) is 23.9 Å². The molecule has 166 valence electrons. The molecule has 0 aliphatic carbocycles. The summed E-state index contributed by atoms with van der Waals surface area (Å²) >= 11 is 0. The zero-order valence-electron chi connectivity index (χ0n) is 18.4. The van der Waals surface area contributed by atoms with Crippen molar-refractivity contribution < 1.29 is 18.9 Å². The molecule has 1 aromatic heterocycles. The van der Waals surface area contributed by atoms with Crippen LogP contribution < -0.4 is 19.5 Å². The fourth-order valence-electron chi connectivity index (χ4n) is 3.92. The first-order chi connectivity index (χ1) is 15.2. The summed E-state index contributed by atoms with van der Waals surface area (Å²) in [6.07, 6.45) is 0. The van der Waals surface area contributed by atoms with Gasteiger partial charge >= 0.3 is 0 Å². The molecule has 2 heterocycles. The minimum absolute atomic E-state index is 0.581. The van der Waals surface area contributed by atoms with E-state index in [0.29, 0.717) is 23.8 Å². The number of nitrogens with one attached hydrogen (secondary N) is 1. The normalized spacial score (nSPS) is 14.5. The standard InChI is InChI=1S/C23H30N4O4/c1-28-20-14-17(15-21(29-2)22(20)30-3)16-24-23-25-18-6-4-5-7-19(18)27(23)9-8-26-10-12-31-13-11-26/h4-7,14-15H,8-13,16H2,1-3H3,(H,24,25). The number of hydrogen-bond donors (Lipinski definition) is 1. The van der Waals surface area contributed by atoms with Crippen LogP contribution in [0.2, 0.25) is 0 Å². The maximum Gasteiger partial charge on any atom is 0.204 e. The summed E-state index contributed by atoms with van der Waals surface area (Å²) in [5.41, 5.74) is 3.13. The maximum absolute atomic E-state index is 5.48. The fourth-order valence-corrected chi connectivity index (χ4v) is 3.92. The number of aromatic nitrogens is 2. The van der Waals surface area contributed by atoms with Crippen LogP contribution in [0.4, 0.5) is 5.95 Å². The molecule has 1 N–H and O–H groups in total. The van der Waals surface area contributed by atoms with Gasteiger partial charge in [0.25, 0.3) is 0 Å². The van der Waals surface area contributed by atoms with Crippen LogP contribution in [0.3, 0.4) is 0 Å². The first-order valence-electron chi connectivity index (χ1n) is 10.5. The van der Waals surface area contributed by atoms with Gasteiger partial charge in [0, 0.05) is 32.7 Å². The van der Waals surface area contributed by atoms with E-state index in [1.54, 1.807) is 21.3 Å². The fraction of sp³-hybridized carbons (Fsp3) is 0.435. The van der Waals surface area contributed by atoms with Gasteiger partial charge in [0.05, 0.1) is 45.6 Å². The summed E-state index contributed by atoms with van der Waals surface area (Å²) in [5, 5.41) is 3.50. The highest BCUT2D eigenvalue weighted by molar-refractivity contribution is 5.78. The van der Waals surface area contributed by atoms with Gasteiger partial charge < -0.3 is 28.8 Å². The summed E-state index contributed by atoms with van der Waals surface area (Å²) < 4.78 is 24.1. The predicted octanol–water partition coefficient (Wildman–Crippen LogP) is 3.01. The Hall–Kier alpha value is -2.97. The Balaban J connectivity index is 1.55. The number of nitrogens with zero attached hydrogens (tertiary/aromatic N) is 3. The lowest BCUT2D eigenvalue weighted by Crippen LogP contribution is -2.38. The lowest BCUT2D eigenvalue weighted by Gasteiger charge is -2.27. The molecule has 4 rings (SSSR count). The third-order valence-corrected chi connectivity index (χ3v) is 5.57. The molecule has 0 bridgehead atoms. The smallest absolute Gasteiger partial charge is 0.204 e. The molecule has 8 heteroatoms. The average molecular weight is 427 g/mol. The Labute approximate surface area is 182 Å². The summed E-state index contributed by atoms with van der Waals surface area (Å²) in [5.74, 6) is 2.72. The van der Waals surface area contributed by atoms with Crippen molar-refractivity contribution in [2.45, 2.75) is 13.1 Å². The molecule has 0 spiro atoms. The van der Waals surface area contributed by atoms with Crippen molar-refractivity contribution in [3.8, 4) is 17.2 Å². The van der Waals surface area contributed by atoms with E-state index in [-0.39, 0.29) is 0 Å². The Morgan fingerprint density at radius 1 is 0.968 bits per heavy atom. The molecule has 3 aromatic rings. The third-order valence-electron chi connectivity index (χ3n) is 5.57. The van der Waals surface area contributed by atoms with Crippen LogP contribution in [-0.2, 0) is 17.8 Å². The van der Waals surface area contributed by atoms with Gasteiger partial charge in [-0.05, 0) is 29.8 Å². The SMILES string of the molecule is COc1cc(CNc2nc3ccccc3n2CCN2CCOCC2)cc(OC)c1OC. The number of morpholine rings is 1. The molecule has 0 unspecified atom stereocenters. The Morgan fingerprint density at radius 2 is 1.68 bits per heavy atom. The van der Waals surface area contributed by atoms with Gasteiger partial charge in [-0.1, -0.05) is 12.1 Å². The van der Waals surface area contributed by atoms with E-state index in [1.165, 1.54) is 0 Å². The van der Waals surface area contributed by atoms with Crippen LogP contribution in [0.15, 0.2) is 36.4 Å². The van der Waals surface area contributed by atoms with E-state index in [9.17, 15) is 0 Å². The zero-order valence-corrected chi connectivity index (χ0v) is 18.4. The molecule has 1 aliphatic rings. The second-order valence-electron chi connectivity index (χ2n) is 7.42. The summed E-state index contributed by atoms with van der Waals surface area (Å²) in [6, 6.07) is 12.1. The van der Waals surface area contributed by atoms with Gasteiger partial charge in [-0.3, -0.25) is 4.90 Å². The van der Waals surface area contributed by atoms with Gasteiger partial charge in [-0.2, -0.15) is 0 Å². The predicted molar refractivity (Wildman–Crippen MR) is 120 cm³/mol. The van der Waals surface area contributed by atoms with E-state index in [0.717, 1.165) is 61.9 Å². The minimum atomic E-state index is 0.581. The molecule has 2 aromatic carbocycles. The maximum atomic E-state index is 5.48. The van der Waals surface area contributed by atoms with Crippen LogP contribution in [-0.4, -0.2) is 68.6 Å². The highest BCUT2D eigenvalue weighted by Gasteiger charge is 2.16. The van der Waals surface area contributed by atoms with Crippen LogP contribution in [0.5, 0.6) is 17.2 Å². The molecule has 0 amide bonds. The van der Waals surface area contributed by atoms with Crippen molar-refractivity contribution in [3.63, 3.8) is 0 Å². The molecule has 0 atom stereocenters. The summed E-state index contributed by atoms with van der Waals surface area (Å²) in [4.78, 5) is 7.26. The number of anilines is 1. The number of ether oxygens (including phenoxy) is 4. The molecular weight excluding hydrogens is 396 g/mol. The molecule has 0 saturated carbocycles. The van der Waals surface area contributed by atoms with Gasteiger partial charge in [-0.25, -0.2) is 4.98 Å². The average Bonchev–Trinajstić information content (AvgIpc) is 3.18. The van der Waals surface area contributed by atoms with Crippen molar-refractivity contribution in [1.82, 2.24) is 14.5 Å². The second kappa shape index (κ2) is 9.89. The van der Waals surface area contributed by atoms with Gasteiger partial charge in [0.15, 0.2) is 11.5 Å². The van der Waals surface area contributed by atoms with Crippen molar-refractivity contribution >= 4 is 17.0 Å². The molecular formula is C23H30N4O4. The molecule has 0 radical (unpaired) electrons. The lowest BCUT2D eigenvalue weighted by molar-refractivity contribution is 0.0366. The van der Waals surface area contributed by atoms with E-state index >= 15 is 0 Å². The molecule has 8 nitrogen and oxygen atoms in total. The van der Waals surface area contributed by atoms with Gasteiger partial charge in [-0.15, -0.1) is 0 Å². The zero-order chi connectivity index (χ0) is 21.6. The second-order valence-corrected chi connectivity index (χ2v) is 7.42. The first-order valence-corrected chi connectivity index (χ1v) is 10.5. The molecule has 31 heavy (non-hydrogen) atoms. The monoisotopic (exact) mass is 426 g/mol. The Bertz CT molecular complexity index is 989. The number of benzene rings is 2. The van der Waals surface area contributed by atoms with Gasteiger partial charge in [0.2, 0.25) is 11.7 Å². The minimum Gasteiger partial charge on any atom is -0.493 e. The van der Waals surface area contributed by atoms with E-state index < -0.39 is 0 Å². The number of hydrogen-bond acceptors (Lipinski definition) is 7. The first kappa shape index (κ1) is 21.3. The molecule has 1 saturated heterocycles. The number of rotatable bonds is 9. The Morgan fingerprint density at radius 3 is 2.35 bits per heavy atom. The van der Waals surface area contributed by atoms with Crippen LogP contribution in [0.25, 0.3) is 11.0 Å². The Kier molecular flexibility index (Phi) is 6.79. The van der Waals surface area contributed by atoms with Crippen molar-refractivity contribution in [2.75, 3.05) is 59.5 Å². The quantitative estimate of drug-likeness (QED) is 0.564. The van der Waals surface area contributed by atoms with E-state index in [2.05, 4.69) is 26.9 Å². The van der Waals surface area contributed by atoms with Crippen molar-refractivity contribution in [3.05, 3.63) is 42.0 Å². The van der Waals surface area contributed by atoms with Crippen molar-refractivity contribution in [1.29, 1.82) is 0 Å². The number of methoxy groups -OCH3 is 3. The largest absolute Gasteiger partial charge is 0.493 e. The highest BCUT2D eigenvalue weighted by atomic mass is 16.5. The lowest BCUT2D eigenvalue weighted by atomic mass is 10.2. The molecule has 1 aliphatic heterocycles. The van der Waals surface area contributed by atoms with E-state index in [1.807, 2.05) is 24.3 Å². The van der Waals surface area contributed by atoms with Crippen LogP contribution >= 0.6 is 0 Å². The number of para-hydroxylation sites is 2. The molecule has 1 fully saturated rings. The topological polar surface area (TPSA) is 70.0 Å². The van der Waals surface area contributed by atoms with Crippen LogP contribution in [0.1, 0.15) is 5.56 Å². The highest BCUT2D eigenvalue weighted by Crippen LogP contribution is 2.38. The third kappa shape index (κ3) is 4.70.